The van der Waals surface area contributed by atoms with Crippen LogP contribution in [0.1, 0.15) is 54.0 Å². The molecule has 1 aromatic carbocycles. The van der Waals surface area contributed by atoms with Gasteiger partial charge in [0.2, 0.25) is 5.91 Å². The van der Waals surface area contributed by atoms with Crippen molar-refractivity contribution in [3.63, 3.8) is 0 Å². The molecule has 2 aromatic heterocycles. The number of halogens is 2. The second-order valence-electron chi connectivity index (χ2n) is 9.61. The van der Waals surface area contributed by atoms with E-state index in [4.69, 9.17) is 4.52 Å². The van der Waals surface area contributed by atoms with Crippen LogP contribution in [-0.4, -0.2) is 52.0 Å². The summed E-state index contributed by atoms with van der Waals surface area (Å²) in [6.07, 6.45) is 8.23. The number of aromatic nitrogens is 2. The van der Waals surface area contributed by atoms with Crippen molar-refractivity contribution in [1.29, 1.82) is 0 Å². The number of carbonyl (C=O) groups excluding carboxylic acids is 2. The first-order valence-electron chi connectivity index (χ1n) is 12.6. The van der Waals surface area contributed by atoms with E-state index in [0.717, 1.165) is 36.5 Å². The maximum atomic E-state index is 14.1. The summed E-state index contributed by atoms with van der Waals surface area (Å²) in [6, 6.07) is 4.47. The topological polar surface area (TPSA) is 100 Å². The zero-order valence-corrected chi connectivity index (χ0v) is 21.1. The molecule has 11 heteroatoms. The van der Waals surface area contributed by atoms with Crippen molar-refractivity contribution >= 4 is 23.2 Å². The number of nitrogens with zero attached hydrogens (tertiary/aromatic N) is 3. The van der Waals surface area contributed by atoms with Crippen molar-refractivity contribution in [3.8, 4) is 11.3 Å². The summed E-state index contributed by atoms with van der Waals surface area (Å²) in [5.74, 6) is -2.58. The lowest BCUT2D eigenvalue weighted by Gasteiger charge is -2.43. The first kappa shape index (κ1) is 25.5. The fourth-order valence-corrected chi connectivity index (χ4v) is 5.82. The van der Waals surface area contributed by atoms with Gasteiger partial charge in [-0.3, -0.25) is 14.5 Å². The lowest BCUT2D eigenvalue weighted by molar-refractivity contribution is -0.128. The van der Waals surface area contributed by atoms with E-state index in [1.165, 1.54) is 42.7 Å². The first-order chi connectivity index (χ1) is 18.0. The minimum Gasteiger partial charge on any atom is -0.355 e. The van der Waals surface area contributed by atoms with E-state index in [1.54, 1.807) is 6.20 Å². The smallest absolute Gasteiger partial charge is 0.273 e. The molecule has 2 fully saturated rings. The Hall–Kier alpha value is -3.18. The van der Waals surface area contributed by atoms with Crippen LogP contribution in [0.3, 0.4) is 0 Å². The zero-order valence-electron chi connectivity index (χ0n) is 20.3. The highest BCUT2D eigenvalue weighted by Crippen LogP contribution is 2.28. The van der Waals surface area contributed by atoms with Gasteiger partial charge >= 0.3 is 0 Å². The van der Waals surface area contributed by atoms with Crippen LogP contribution >= 0.6 is 11.3 Å². The van der Waals surface area contributed by atoms with Crippen molar-refractivity contribution in [2.75, 3.05) is 13.1 Å². The molecule has 5 rings (SSSR count). The summed E-state index contributed by atoms with van der Waals surface area (Å²) in [5, 5.41) is 12.4. The molecule has 3 aromatic rings. The maximum absolute atomic E-state index is 14.1. The molecule has 3 heterocycles. The Morgan fingerprint density at radius 3 is 2.73 bits per heavy atom. The third-order valence-corrected chi connectivity index (χ3v) is 8.00. The second-order valence-corrected chi connectivity index (χ2v) is 10.6. The molecule has 2 atom stereocenters. The molecular weight excluding hydrogens is 500 g/mol. The average Bonchev–Trinajstić information content (AvgIpc) is 3.61. The maximum Gasteiger partial charge on any atom is 0.273 e. The van der Waals surface area contributed by atoms with Crippen LogP contribution in [0.5, 0.6) is 0 Å². The minimum absolute atomic E-state index is 0.00757. The van der Waals surface area contributed by atoms with E-state index < -0.39 is 29.5 Å². The van der Waals surface area contributed by atoms with E-state index >= 15 is 0 Å². The van der Waals surface area contributed by atoms with Crippen LogP contribution in [0, 0.1) is 17.6 Å². The zero-order chi connectivity index (χ0) is 25.8. The molecule has 0 radical (unpaired) electrons. The van der Waals surface area contributed by atoms with Crippen molar-refractivity contribution in [2.45, 2.75) is 57.2 Å². The highest BCUT2D eigenvalue weighted by atomic mass is 32.1. The van der Waals surface area contributed by atoms with Crippen LogP contribution in [0.4, 0.5) is 8.78 Å². The number of carbonyl (C=O) groups is 2. The molecule has 0 spiro atoms. The number of amides is 2. The number of thiazole rings is 1. The Bertz CT molecular complexity index is 1230. The Morgan fingerprint density at radius 2 is 1.97 bits per heavy atom. The molecule has 1 aliphatic heterocycles. The summed E-state index contributed by atoms with van der Waals surface area (Å²) in [5.41, 5.74) is -0.0245. The molecule has 2 N–H and O–H groups in total. The lowest BCUT2D eigenvalue weighted by Crippen LogP contribution is -2.57. The highest BCUT2D eigenvalue weighted by Gasteiger charge is 2.38. The Balaban J connectivity index is 1.28. The summed E-state index contributed by atoms with van der Waals surface area (Å²) in [7, 11) is 0. The van der Waals surface area contributed by atoms with Gasteiger partial charge in [-0.1, -0.05) is 24.4 Å². The number of hydrogen-bond acceptors (Lipinski definition) is 7. The molecule has 37 heavy (non-hydrogen) atoms. The van der Waals surface area contributed by atoms with Gasteiger partial charge in [0, 0.05) is 48.9 Å². The van der Waals surface area contributed by atoms with E-state index in [9.17, 15) is 18.4 Å². The van der Waals surface area contributed by atoms with Crippen LogP contribution in [-0.2, 0) is 11.3 Å². The number of hydrogen-bond donors (Lipinski definition) is 2. The fraction of sp³-hybridized carbons (Fsp3) is 0.462. The van der Waals surface area contributed by atoms with Gasteiger partial charge in [-0.25, -0.2) is 13.8 Å². The van der Waals surface area contributed by atoms with E-state index in [-0.39, 0.29) is 22.9 Å². The van der Waals surface area contributed by atoms with Gasteiger partial charge in [0.25, 0.3) is 5.91 Å². The SMILES string of the molecule is O=C(N[C@H]1CCN(C2CCCCC2)C[C@@H]1C(=O)NCc1nccs1)c1cc(-c2ccc(F)cc2F)on1. The number of rotatable bonds is 7. The van der Waals surface area contributed by atoms with Crippen molar-refractivity contribution in [1.82, 2.24) is 25.7 Å². The van der Waals surface area contributed by atoms with E-state index in [2.05, 4.69) is 25.7 Å². The number of piperidine rings is 1. The molecule has 196 valence electrons. The van der Waals surface area contributed by atoms with Crippen LogP contribution < -0.4 is 10.6 Å². The molecule has 0 unspecified atom stereocenters. The van der Waals surface area contributed by atoms with Crippen LogP contribution in [0.15, 0.2) is 40.4 Å². The van der Waals surface area contributed by atoms with Crippen molar-refractivity contribution < 1.29 is 22.9 Å². The third kappa shape index (κ3) is 6.04. The quantitative estimate of drug-likeness (QED) is 0.477. The fourth-order valence-electron chi connectivity index (χ4n) is 5.27. The summed E-state index contributed by atoms with van der Waals surface area (Å²) in [4.78, 5) is 33.0. The molecule has 1 aliphatic carbocycles. The van der Waals surface area contributed by atoms with E-state index in [1.807, 2.05) is 5.38 Å². The normalized spacial score (nSPS) is 21.0. The molecular formula is C26H29F2N5O3S. The second kappa shape index (κ2) is 11.5. The standard InChI is InChI=1S/C26H29F2N5O3S/c27-16-6-7-18(20(28)12-16)23-13-22(32-36-23)26(35)31-21-8-10-33(17-4-2-1-3-5-17)15-19(21)25(34)30-14-24-29-9-11-37-24/h6-7,9,11-13,17,19,21H,1-5,8,10,14-15H2,(H,30,34)(H,31,35)/t19-,21-/m0/s1. The minimum atomic E-state index is -0.810. The number of likely N-dealkylation sites (tertiary alicyclic amines) is 1. The van der Waals surface area contributed by atoms with Crippen molar-refractivity contribution in [2.24, 2.45) is 5.92 Å². The molecule has 0 bridgehead atoms. The summed E-state index contributed by atoms with van der Waals surface area (Å²) >= 11 is 1.47. The van der Waals surface area contributed by atoms with E-state index in [0.29, 0.717) is 25.6 Å². The first-order valence-corrected chi connectivity index (χ1v) is 13.5. The van der Waals surface area contributed by atoms with Gasteiger partial charge in [0.05, 0.1) is 18.0 Å². The van der Waals surface area contributed by atoms with Gasteiger partial charge in [-0.2, -0.15) is 0 Å². The highest BCUT2D eigenvalue weighted by molar-refractivity contribution is 7.09. The Morgan fingerprint density at radius 1 is 1.14 bits per heavy atom. The molecule has 2 aliphatic rings. The number of nitrogens with one attached hydrogen (secondary N) is 2. The predicted molar refractivity (Wildman–Crippen MR) is 134 cm³/mol. The third-order valence-electron chi connectivity index (χ3n) is 7.23. The summed E-state index contributed by atoms with van der Waals surface area (Å²) < 4.78 is 32.6. The van der Waals surface area contributed by atoms with Gasteiger partial charge in [0.15, 0.2) is 11.5 Å². The molecule has 1 saturated heterocycles. The Kier molecular flexibility index (Phi) is 7.90. The van der Waals surface area contributed by atoms with Gasteiger partial charge < -0.3 is 15.2 Å². The lowest BCUT2D eigenvalue weighted by atomic mass is 9.87. The summed E-state index contributed by atoms with van der Waals surface area (Å²) in [6.45, 7) is 1.69. The predicted octanol–water partition coefficient (Wildman–Crippen LogP) is 4.15. The van der Waals surface area contributed by atoms with Gasteiger partial charge in [-0.05, 0) is 31.4 Å². The van der Waals surface area contributed by atoms with Gasteiger partial charge in [-0.15, -0.1) is 11.3 Å². The monoisotopic (exact) mass is 529 g/mol. The molecule has 2 amide bonds. The Labute approximate surface area is 217 Å². The van der Waals surface area contributed by atoms with Crippen LogP contribution in [0.25, 0.3) is 11.3 Å². The van der Waals surface area contributed by atoms with Crippen molar-refractivity contribution in [3.05, 3.63) is 58.2 Å². The molecule has 8 nitrogen and oxygen atoms in total. The molecule has 1 saturated carbocycles. The largest absolute Gasteiger partial charge is 0.355 e. The van der Waals surface area contributed by atoms with Crippen LogP contribution in [0.2, 0.25) is 0 Å². The average molecular weight is 530 g/mol. The van der Waals surface area contributed by atoms with Gasteiger partial charge in [0.1, 0.15) is 16.6 Å². The number of benzene rings is 1.